The van der Waals surface area contributed by atoms with Crippen LogP contribution in [0.25, 0.3) is 0 Å². The Labute approximate surface area is 97.8 Å². The SMILES string of the molecule is N.O=[N+]([O-])c1cc([N+](=O)[O-])c(Cl)c([N+](=O)[O-])c1. The van der Waals surface area contributed by atoms with Crippen LogP contribution in [0.2, 0.25) is 5.02 Å². The first-order valence-corrected chi connectivity index (χ1v) is 3.99. The summed E-state index contributed by atoms with van der Waals surface area (Å²) in [5, 5.41) is 30.5. The van der Waals surface area contributed by atoms with Gasteiger partial charge in [-0.05, 0) is 0 Å². The second-order valence-corrected chi connectivity index (χ2v) is 2.95. The zero-order valence-corrected chi connectivity index (χ0v) is 8.79. The van der Waals surface area contributed by atoms with Crippen molar-refractivity contribution in [1.82, 2.24) is 6.15 Å². The van der Waals surface area contributed by atoms with Gasteiger partial charge in [-0.15, -0.1) is 0 Å². The monoisotopic (exact) mass is 264 g/mol. The molecule has 1 rings (SSSR count). The van der Waals surface area contributed by atoms with E-state index >= 15 is 0 Å². The second-order valence-electron chi connectivity index (χ2n) is 2.57. The third-order valence-electron chi connectivity index (χ3n) is 1.62. The maximum atomic E-state index is 10.4. The van der Waals surface area contributed by atoms with Crippen molar-refractivity contribution in [3.63, 3.8) is 0 Å². The zero-order chi connectivity index (χ0) is 12.5. The molecule has 0 unspecified atom stereocenters. The predicted octanol–water partition coefficient (Wildman–Crippen LogP) is 2.23. The molecule has 0 heterocycles. The van der Waals surface area contributed by atoms with Gasteiger partial charge in [-0.2, -0.15) is 0 Å². The van der Waals surface area contributed by atoms with E-state index in [1.807, 2.05) is 0 Å². The fraction of sp³-hybridized carbons (Fsp3) is 0. The van der Waals surface area contributed by atoms with Gasteiger partial charge in [0.25, 0.3) is 5.69 Å². The Morgan fingerprint density at radius 1 is 0.882 bits per heavy atom. The highest BCUT2D eigenvalue weighted by molar-refractivity contribution is 6.34. The molecule has 0 aliphatic carbocycles. The molecule has 1 aromatic carbocycles. The number of hydrogen-bond acceptors (Lipinski definition) is 7. The highest BCUT2D eigenvalue weighted by Gasteiger charge is 2.28. The van der Waals surface area contributed by atoms with Crippen molar-refractivity contribution >= 4 is 28.7 Å². The summed E-state index contributed by atoms with van der Waals surface area (Å²) < 4.78 is 0. The van der Waals surface area contributed by atoms with Crippen LogP contribution in [0.4, 0.5) is 17.1 Å². The van der Waals surface area contributed by atoms with Crippen LogP contribution in [-0.4, -0.2) is 14.8 Å². The normalized spacial score (nSPS) is 9.24. The van der Waals surface area contributed by atoms with E-state index in [-0.39, 0.29) is 6.15 Å². The maximum absolute atomic E-state index is 10.4. The third-order valence-corrected chi connectivity index (χ3v) is 2.01. The van der Waals surface area contributed by atoms with E-state index in [2.05, 4.69) is 0 Å². The summed E-state index contributed by atoms with van der Waals surface area (Å²) in [5.41, 5.74) is -2.51. The lowest BCUT2D eigenvalue weighted by Crippen LogP contribution is -1.98. The van der Waals surface area contributed by atoms with Crippen molar-refractivity contribution in [3.8, 4) is 0 Å². The molecule has 0 radical (unpaired) electrons. The first kappa shape index (κ1) is 14.7. The van der Waals surface area contributed by atoms with E-state index < -0.39 is 36.9 Å². The Hall–Kier alpha value is -2.33. The Kier molecular flexibility index (Phi) is 4.43. The van der Waals surface area contributed by atoms with Gasteiger partial charge < -0.3 is 6.15 Å². The average molecular weight is 265 g/mol. The smallest absolute Gasteiger partial charge is 0.301 e. The molecule has 0 atom stereocenters. The Morgan fingerprint density at radius 3 is 1.47 bits per heavy atom. The van der Waals surface area contributed by atoms with Gasteiger partial charge >= 0.3 is 11.4 Å². The molecule has 92 valence electrons. The molecule has 0 spiro atoms. The molecule has 17 heavy (non-hydrogen) atoms. The van der Waals surface area contributed by atoms with Crippen molar-refractivity contribution < 1.29 is 14.8 Å². The van der Waals surface area contributed by atoms with E-state index in [1.54, 1.807) is 0 Å². The van der Waals surface area contributed by atoms with Crippen molar-refractivity contribution in [2.24, 2.45) is 0 Å². The number of nitro groups is 3. The summed E-state index contributed by atoms with van der Waals surface area (Å²) in [4.78, 5) is 28.2. The van der Waals surface area contributed by atoms with Gasteiger partial charge in [-0.3, -0.25) is 30.3 Å². The molecule has 0 amide bonds. The Balaban J connectivity index is 0.00000256. The molecule has 0 aliphatic rings. The van der Waals surface area contributed by atoms with Crippen LogP contribution in [0.15, 0.2) is 12.1 Å². The molecule has 0 fully saturated rings. The fourth-order valence-electron chi connectivity index (χ4n) is 0.951. The summed E-state index contributed by atoms with van der Waals surface area (Å²) in [6.45, 7) is 0. The minimum absolute atomic E-state index is 0. The molecule has 3 N–H and O–H groups in total. The number of hydrogen-bond donors (Lipinski definition) is 1. The molecule has 10 nitrogen and oxygen atoms in total. The molecule has 0 aliphatic heterocycles. The van der Waals surface area contributed by atoms with Crippen molar-refractivity contribution in [2.45, 2.75) is 0 Å². The first-order chi connectivity index (χ1) is 7.34. The molecular formula is C6H5ClN4O6. The fourth-order valence-corrected chi connectivity index (χ4v) is 1.20. The lowest BCUT2D eigenvalue weighted by Gasteiger charge is -1.97. The average Bonchev–Trinajstić information content (AvgIpc) is 2.16. The first-order valence-electron chi connectivity index (χ1n) is 3.61. The summed E-state index contributed by atoms with van der Waals surface area (Å²) in [6.07, 6.45) is 0. The van der Waals surface area contributed by atoms with Gasteiger partial charge in [0, 0.05) is 0 Å². The number of benzene rings is 1. The summed E-state index contributed by atoms with van der Waals surface area (Å²) in [5.74, 6) is 0. The second kappa shape index (κ2) is 5.14. The van der Waals surface area contributed by atoms with Crippen molar-refractivity contribution in [2.75, 3.05) is 0 Å². The summed E-state index contributed by atoms with van der Waals surface area (Å²) in [7, 11) is 0. The molecule has 11 heteroatoms. The van der Waals surface area contributed by atoms with Crippen LogP contribution in [0.3, 0.4) is 0 Å². The summed E-state index contributed by atoms with van der Waals surface area (Å²) >= 11 is 5.37. The third kappa shape index (κ3) is 2.83. The van der Waals surface area contributed by atoms with Gasteiger partial charge in [-0.25, -0.2) is 0 Å². The van der Waals surface area contributed by atoms with E-state index in [0.29, 0.717) is 12.1 Å². The van der Waals surface area contributed by atoms with Gasteiger partial charge in [0.1, 0.15) is 0 Å². The number of halogens is 1. The van der Waals surface area contributed by atoms with E-state index in [0.717, 1.165) is 0 Å². The van der Waals surface area contributed by atoms with E-state index in [4.69, 9.17) is 11.6 Å². The lowest BCUT2D eigenvalue weighted by molar-refractivity contribution is -0.403. The van der Waals surface area contributed by atoms with Gasteiger partial charge in [0.15, 0.2) is 5.02 Å². The lowest BCUT2D eigenvalue weighted by atomic mass is 10.2. The van der Waals surface area contributed by atoms with Crippen LogP contribution in [-0.2, 0) is 0 Å². The maximum Gasteiger partial charge on any atom is 0.301 e. The molecule has 0 saturated carbocycles. The predicted molar refractivity (Wildman–Crippen MR) is 56.4 cm³/mol. The van der Waals surface area contributed by atoms with Crippen molar-refractivity contribution in [1.29, 1.82) is 0 Å². The number of nitrogens with zero attached hydrogens (tertiary/aromatic N) is 3. The van der Waals surface area contributed by atoms with Crippen LogP contribution in [0.1, 0.15) is 0 Å². The quantitative estimate of drug-likeness (QED) is 0.645. The molecule has 0 aromatic heterocycles. The zero-order valence-electron chi connectivity index (χ0n) is 8.03. The van der Waals surface area contributed by atoms with Gasteiger partial charge in [-0.1, -0.05) is 11.6 Å². The largest absolute Gasteiger partial charge is 0.344 e. The molecule has 0 saturated heterocycles. The minimum Gasteiger partial charge on any atom is -0.344 e. The highest BCUT2D eigenvalue weighted by atomic mass is 35.5. The molecule has 1 aromatic rings. The van der Waals surface area contributed by atoms with E-state index in [1.165, 1.54) is 0 Å². The Morgan fingerprint density at radius 2 is 1.24 bits per heavy atom. The molecule has 0 bridgehead atoms. The standard InChI is InChI=1S/C6H2ClN3O6.H3N/c7-6-4(9(13)14)1-3(8(11)12)2-5(6)10(15)16;/h1-2H;1H3. The number of nitro benzene ring substituents is 3. The van der Waals surface area contributed by atoms with Crippen LogP contribution < -0.4 is 6.15 Å². The minimum atomic E-state index is -1.03. The highest BCUT2D eigenvalue weighted by Crippen LogP contribution is 2.37. The van der Waals surface area contributed by atoms with Crippen LogP contribution in [0, 0.1) is 30.3 Å². The molecular weight excluding hydrogens is 260 g/mol. The summed E-state index contributed by atoms with van der Waals surface area (Å²) in [6, 6.07) is 1.13. The Bertz CT molecular complexity index is 468. The van der Waals surface area contributed by atoms with Crippen molar-refractivity contribution in [3.05, 3.63) is 47.5 Å². The van der Waals surface area contributed by atoms with Gasteiger partial charge in [0.2, 0.25) is 0 Å². The number of rotatable bonds is 3. The number of non-ortho nitro benzene ring substituents is 1. The topological polar surface area (TPSA) is 164 Å². The van der Waals surface area contributed by atoms with Crippen LogP contribution in [0.5, 0.6) is 0 Å². The van der Waals surface area contributed by atoms with Gasteiger partial charge in [0.05, 0.1) is 26.9 Å². The van der Waals surface area contributed by atoms with Crippen LogP contribution >= 0.6 is 11.6 Å². The van der Waals surface area contributed by atoms with E-state index in [9.17, 15) is 30.3 Å².